The number of hydrogen-bond donors (Lipinski definition) is 1. The molecule has 0 fully saturated rings. The van der Waals surface area contributed by atoms with Gasteiger partial charge in [-0.25, -0.2) is 4.79 Å². The number of nitrogens with zero attached hydrogens (tertiary/aromatic N) is 1. The van der Waals surface area contributed by atoms with Crippen molar-refractivity contribution in [2.45, 2.75) is 13.5 Å². The van der Waals surface area contributed by atoms with Crippen molar-refractivity contribution >= 4 is 29.4 Å². The van der Waals surface area contributed by atoms with Crippen LogP contribution in [0.3, 0.4) is 0 Å². The molecule has 1 heterocycles. The van der Waals surface area contributed by atoms with Crippen LogP contribution in [0.2, 0.25) is 0 Å². The molecule has 3 amide bonds. The van der Waals surface area contributed by atoms with E-state index in [9.17, 15) is 19.2 Å². The van der Waals surface area contributed by atoms with Crippen molar-refractivity contribution in [1.29, 1.82) is 0 Å². The van der Waals surface area contributed by atoms with E-state index in [0.29, 0.717) is 18.0 Å². The van der Waals surface area contributed by atoms with E-state index in [1.165, 1.54) is 25.2 Å². The topological polar surface area (TPSA) is 102 Å². The van der Waals surface area contributed by atoms with Gasteiger partial charge in [-0.3, -0.25) is 19.3 Å². The number of esters is 1. The predicted molar refractivity (Wildman–Crippen MR) is 124 cm³/mol. The summed E-state index contributed by atoms with van der Waals surface area (Å²) < 4.78 is 10.9. The van der Waals surface area contributed by atoms with Crippen molar-refractivity contribution in [3.05, 3.63) is 94.5 Å². The third-order valence-electron chi connectivity index (χ3n) is 5.27. The third-order valence-corrected chi connectivity index (χ3v) is 5.27. The Morgan fingerprint density at radius 1 is 0.912 bits per heavy atom. The first kappa shape index (κ1) is 22.7. The predicted octanol–water partition coefficient (Wildman–Crippen LogP) is 3.60. The average molecular weight is 458 g/mol. The largest absolute Gasteiger partial charge is 0.489 e. The molecule has 1 N–H and O–H groups in total. The zero-order valence-electron chi connectivity index (χ0n) is 18.7. The lowest BCUT2D eigenvalue weighted by molar-refractivity contribution is -0.119. The van der Waals surface area contributed by atoms with Gasteiger partial charge in [0.05, 0.1) is 16.7 Å². The van der Waals surface area contributed by atoms with Crippen molar-refractivity contribution < 1.29 is 28.7 Å². The monoisotopic (exact) mass is 458 g/mol. The second kappa shape index (κ2) is 9.58. The molecule has 8 heteroatoms. The summed E-state index contributed by atoms with van der Waals surface area (Å²) in [7, 11) is 1.39. The van der Waals surface area contributed by atoms with Crippen molar-refractivity contribution in [2.75, 3.05) is 19.0 Å². The molecular weight excluding hydrogens is 436 g/mol. The van der Waals surface area contributed by atoms with Gasteiger partial charge in [-0.05, 0) is 48.9 Å². The second-order valence-corrected chi connectivity index (χ2v) is 7.86. The number of hydrogen-bond acceptors (Lipinski definition) is 6. The van der Waals surface area contributed by atoms with Crippen LogP contribution in [0.25, 0.3) is 0 Å². The van der Waals surface area contributed by atoms with Gasteiger partial charge in [0.2, 0.25) is 0 Å². The molecule has 0 aliphatic carbocycles. The van der Waals surface area contributed by atoms with E-state index in [2.05, 4.69) is 5.32 Å². The summed E-state index contributed by atoms with van der Waals surface area (Å²) >= 11 is 0. The normalized spacial score (nSPS) is 12.4. The van der Waals surface area contributed by atoms with E-state index in [-0.39, 0.29) is 16.7 Å². The van der Waals surface area contributed by atoms with Crippen LogP contribution in [0.4, 0.5) is 5.69 Å². The number of rotatable bonds is 7. The molecule has 0 saturated heterocycles. The molecule has 1 aliphatic rings. The molecule has 0 saturated carbocycles. The van der Waals surface area contributed by atoms with E-state index in [1.807, 2.05) is 31.2 Å². The Labute approximate surface area is 196 Å². The summed E-state index contributed by atoms with van der Waals surface area (Å²) in [6, 6.07) is 18.9. The Bertz CT molecular complexity index is 1300. The van der Waals surface area contributed by atoms with Crippen molar-refractivity contribution in [3.63, 3.8) is 0 Å². The van der Waals surface area contributed by atoms with Crippen LogP contribution in [-0.2, 0) is 16.1 Å². The van der Waals surface area contributed by atoms with E-state index in [4.69, 9.17) is 9.47 Å². The first-order chi connectivity index (χ1) is 16.3. The molecule has 3 aromatic rings. The molecule has 0 aromatic heterocycles. The number of carbonyl (C=O) groups is 4. The van der Waals surface area contributed by atoms with Gasteiger partial charge in [0.1, 0.15) is 12.4 Å². The molecule has 34 heavy (non-hydrogen) atoms. The van der Waals surface area contributed by atoms with Crippen LogP contribution < -0.4 is 10.1 Å². The highest BCUT2D eigenvalue weighted by Crippen LogP contribution is 2.24. The average Bonchev–Trinajstić information content (AvgIpc) is 3.05. The number of aryl methyl sites for hydroxylation is 1. The van der Waals surface area contributed by atoms with Gasteiger partial charge in [-0.2, -0.15) is 0 Å². The van der Waals surface area contributed by atoms with Gasteiger partial charge < -0.3 is 14.8 Å². The fourth-order valence-electron chi connectivity index (χ4n) is 3.53. The molecule has 3 aromatic carbocycles. The third kappa shape index (κ3) is 4.96. The lowest BCUT2D eigenvalue weighted by Gasteiger charge is -2.10. The van der Waals surface area contributed by atoms with Gasteiger partial charge in [-0.1, -0.05) is 35.9 Å². The smallest absolute Gasteiger partial charge is 0.338 e. The summed E-state index contributed by atoms with van der Waals surface area (Å²) in [4.78, 5) is 49.7. The number of anilines is 1. The highest BCUT2D eigenvalue weighted by Gasteiger charge is 2.32. The highest BCUT2D eigenvalue weighted by molar-refractivity contribution is 6.21. The molecule has 0 radical (unpaired) electrons. The maximum Gasteiger partial charge on any atom is 0.338 e. The van der Waals surface area contributed by atoms with Crippen LogP contribution in [0, 0.1) is 6.92 Å². The number of ether oxygens (including phenoxy) is 2. The Balaban J connectivity index is 1.31. The lowest BCUT2D eigenvalue weighted by Crippen LogP contribution is -2.24. The quantitative estimate of drug-likeness (QED) is 0.429. The van der Waals surface area contributed by atoms with E-state index < -0.39 is 30.3 Å². The van der Waals surface area contributed by atoms with Gasteiger partial charge >= 0.3 is 5.97 Å². The number of imide groups is 1. The summed E-state index contributed by atoms with van der Waals surface area (Å²) in [5, 5.41) is 2.56. The standard InChI is InChI=1S/C26H22N2O6/c1-16-5-3-6-17(11-16)14-33-20-8-4-7-18(12-20)26(32)34-15-23(29)27-19-9-10-21-22(13-19)25(31)28(2)24(21)30/h3-13H,14-15H2,1-2H3,(H,27,29). The Morgan fingerprint density at radius 2 is 1.68 bits per heavy atom. The van der Waals surface area contributed by atoms with Crippen LogP contribution >= 0.6 is 0 Å². The second-order valence-electron chi connectivity index (χ2n) is 7.86. The SMILES string of the molecule is Cc1cccc(COc2cccc(C(=O)OCC(=O)Nc3ccc4c(c3)C(=O)N(C)C4=O)c2)c1. The first-order valence-corrected chi connectivity index (χ1v) is 10.5. The van der Waals surface area contributed by atoms with Gasteiger partial charge in [0, 0.05) is 12.7 Å². The Hall–Kier alpha value is -4.46. The van der Waals surface area contributed by atoms with E-state index >= 15 is 0 Å². The minimum atomic E-state index is -0.674. The molecule has 4 rings (SSSR count). The fourth-order valence-corrected chi connectivity index (χ4v) is 3.53. The zero-order valence-corrected chi connectivity index (χ0v) is 18.7. The summed E-state index contributed by atoms with van der Waals surface area (Å²) in [6.45, 7) is 1.84. The molecule has 0 spiro atoms. The Kier molecular flexibility index (Phi) is 6.40. The van der Waals surface area contributed by atoms with Gasteiger partial charge in [0.15, 0.2) is 6.61 Å². The molecule has 0 atom stereocenters. The number of amides is 3. The Morgan fingerprint density at radius 3 is 2.47 bits per heavy atom. The zero-order chi connectivity index (χ0) is 24.2. The fraction of sp³-hybridized carbons (Fsp3) is 0.154. The first-order valence-electron chi connectivity index (χ1n) is 10.5. The van der Waals surface area contributed by atoms with E-state index in [1.54, 1.807) is 24.3 Å². The molecular formula is C26H22N2O6. The van der Waals surface area contributed by atoms with Crippen LogP contribution in [0.1, 0.15) is 42.2 Å². The van der Waals surface area contributed by atoms with Crippen LogP contribution in [-0.4, -0.2) is 42.2 Å². The van der Waals surface area contributed by atoms with Gasteiger partial charge in [-0.15, -0.1) is 0 Å². The van der Waals surface area contributed by atoms with Gasteiger partial charge in [0.25, 0.3) is 17.7 Å². The highest BCUT2D eigenvalue weighted by atomic mass is 16.5. The number of fused-ring (bicyclic) bond motifs is 1. The number of carbonyl (C=O) groups excluding carboxylic acids is 4. The van der Waals surface area contributed by atoms with Crippen molar-refractivity contribution in [1.82, 2.24) is 4.90 Å². The molecule has 1 aliphatic heterocycles. The van der Waals surface area contributed by atoms with Crippen LogP contribution in [0.15, 0.2) is 66.7 Å². The molecule has 0 unspecified atom stereocenters. The summed E-state index contributed by atoms with van der Waals surface area (Å²) in [6.07, 6.45) is 0. The minimum Gasteiger partial charge on any atom is -0.489 e. The van der Waals surface area contributed by atoms with Crippen molar-refractivity contribution in [3.8, 4) is 5.75 Å². The molecule has 172 valence electrons. The lowest BCUT2D eigenvalue weighted by atomic mass is 10.1. The maximum atomic E-state index is 12.4. The van der Waals surface area contributed by atoms with Crippen molar-refractivity contribution in [2.24, 2.45) is 0 Å². The number of benzene rings is 3. The molecule has 0 bridgehead atoms. The maximum absolute atomic E-state index is 12.4. The summed E-state index contributed by atoms with van der Waals surface area (Å²) in [5.74, 6) is -1.58. The summed E-state index contributed by atoms with van der Waals surface area (Å²) in [5.41, 5.74) is 3.20. The minimum absolute atomic E-state index is 0.213. The van der Waals surface area contributed by atoms with Crippen LogP contribution in [0.5, 0.6) is 5.75 Å². The molecule has 8 nitrogen and oxygen atoms in total. The number of nitrogens with one attached hydrogen (secondary N) is 1. The van der Waals surface area contributed by atoms with E-state index in [0.717, 1.165) is 16.0 Å².